The van der Waals surface area contributed by atoms with Crippen molar-refractivity contribution in [3.8, 4) is 5.75 Å². The van der Waals surface area contributed by atoms with E-state index < -0.39 is 65.8 Å². The van der Waals surface area contributed by atoms with Crippen molar-refractivity contribution in [2.24, 2.45) is 17.4 Å². The summed E-state index contributed by atoms with van der Waals surface area (Å²) in [6.45, 7) is 4.50. The van der Waals surface area contributed by atoms with Gasteiger partial charge in [0, 0.05) is 12.8 Å². The van der Waals surface area contributed by atoms with E-state index in [2.05, 4.69) is 16.0 Å². The van der Waals surface area contributed by atoms with E-state index in [0.29, 0.717) is 5.56 Å². The third-order valence-corrected chi connectivity index (χ3v) is 5.37. The summed E-state index contributed by atoms with van der Waals surface area (Å²) in [5, 5.41) is 35.7. The van der Waals surface area contributed by atoms with Crippen LogP contribution in [0.1, 0.15) is 39.2 Å². The van der Waals surface area contributed by atoms with Crippen molar-refractivity contribution >= 4 is 29.6 Å². The first-order valence-corrected chi connectivity index (χ1v) is 11.4. The van der Waals surface area contributed by atoms with E-state index in [9.17, 15) is 39.3 Å². The van der Waals surface area contributed by atoms with Crippen LogP contribution in [-0.2, 0) is 30.4 Å². The summed E-state index contributed by atoms with van der Waals surface area (Å²) in [4.78, 5) is 61.3. The lowest BCUT2D eigenvalue weighted by molar-refractivity contribution is -0.143. The SMILES string of the molecule is CC(C)C(NC(=O)C(Cc1ccc(O)cc1)NC(=O)C(CCC(N)=O)NC(=O)C(N)C(C)O)C(=O)O. The molecule has 0 aliphatic heterocycles. The number of phenols is 1. The largest absolute Gasteiger partial charge is 0.508 e. The topological polar surface area (TPSA) is 234 Å². The number of carboxylic acids is 1. The zero-order valence-corrected chi connectivity index (χ0v) is 20.4. The molecule has 1 rings (SSSR count). The number of aliphatic carboxylic acids is 1. The molecular weight excluding hydrogens is 474 g/mol. The quantitative estimate of drug-likeness (QED) is 0.140. The first-order valence-electron chi connectivity index (χ1n) is 11.4. The van der Waals surface area contributed by atoms with Gasteiger partial charge in [0.15, 0.2) is 0 Å². The maximum absolute atomic E-state index is 13.1. The highest BCUT2D eigenvalue weighted by Crippen LogP contribution is 2.13. The Morgan fingerprint density at radius 2 is 1.42 bits per heavy atom. The number of primary amides is 1. The van der Waals surface area contributed by atoms with E-state index >= 15 is 0 Å². The molecule has 0 saturated carbocycles. The van der Waals surface area contributed by atoms with Gasteiger partial charge < -0.3 is 42.7 Å². The molecule has 5 unspecified atom stereocenters. The molecule has 0 aromatic heterocycles. The minimum Gasteiger partial charge on any atom is -0.508 e. The first kappa shape index (κ1) is 30.3. The van der Waals surface area contributed by atoms with Crippen LogP contribution in [0.5, 0.6) is 5.75 Å². The number of rotatable bonds is 14. The Labute approximate surface area is 208 Å². The fourth-order valence-electron chi connectivity index (χ4n) is 3.16. The second kappa shape index (κ2) is 14.0. The molecule has 10 N–H and O–H groups in total. The number of carbonyl (C=O) groups is 5. The second-order valence-electron chi connectivity index (χ2n) is 8.83. The van der Waals surface area contributed by atoms with Crippen LogP contribution in [0.15, 0.2) is 24.3 Å². The molecule has 200 valence electrons. The zero-order valence-electron chi connectivity index (χ0n) is 20.4. The average molecular weight is 510 g/mol. The van der Waals surface area contributed by atoms with Gasteiger partial charge in [0.2, 0.25) is 23.6 Å². The van der Waals surface area contributed by atoms with Gasteiger partial charge in [-0.25, -0.2) is 4.79 Å². The van der Waals surface area contributed by atoms with Crippen molar-refractivity contribution in [1.82, 2.24) is 16.0 Å². The van der Waals surface area contributed by atoms with E-state index in [4.69, 9.17) is 11.5 Å². The Kier molecular flexibility index (Phi) is 11.8. The molecular formula is C23H35N5O8. The summed E-state index contributed by atoms with van der Waals surface area (Å²) < 4.78 is 0. The molecule has 0 saturated heterocycles. The van der Waals surface area contributed by atoms with E-state index in [1.54, 1.807) is 13.8 Å². The highest BCUT2D eigenvalue weighted by atomic mass is 16.4. The number of hydrogen-bond donors (Lipinski definition) is 8. The molecule has 13 heteroatoms. The van der Waals surface area contributed by atoms with Gasteiger partial charge in [0.1, 0.15) is 29.9 Å². The summed E-state index contributed by atoms with van der Waals surface area (Å²) in [5.74, 6) is -4.97. The number of nitrogens with one attached hydrogen (secondary N) is 3. The standard InChI is InChI=1S/C23H35N5O8/c1-11(2)19(23(35)36)28-21(33)16(10-13-4-6-14(30)7-5-13)27-20(32)15(8-9-17(24)31)26-22(34)18(25)12(3)29/h4-7,11-12,15-16,18-19,29-30H,8-10,25H2,1-3H3,(H2,24,31)(H,26,34)(H,27,32)(H,28,33)(H,35,36). The van der Waals surface area contributed by atoms with Crippen molar-refractivity contribution in [2.45, 2.75) is 70.3 Å². The number of nitrogens with two attached hydrogens (primary N) is 2. The summed E-state index contributed by atoms with van der Waals surface area (Å²) >= 11 is 0. The van der Waals surface area contributed by atoms with Crippen LogP contribution < -0.4 is 27.4 Å². The maximum Gasteiger partial charge on any atom is 0.326 e. The fraction of sp³-hybridized carbons (Fsp3) is 0.522. The Morgan fingerprint density at radius 3 is 1.89 bits per heavy atom. The summed E-state index contributed by atoms with van der Waals surface area (Å²) in [6.07, 6.45) is -1.78. The van der Waals surface area contributed by atoms with Crippen molar-refractivity contribution in [3.63, 3.8) is 0 Å². The molecule has 5 atom stereocenters. The summed E-state index contributed by atoms with van der Waals surface area (Å²) in [5.41, 5.74) is 11.3. The van der Waals surface area contributed by atoms with Crippen molar-refractivity contribution < 1.29 is 39.3 Å². The minimum absolute atomic E-state index is 0.0155. The van der Waals surface area contributed by atoms with Crippen LogP contribution in [-0.4, -0.2) is 75.2 Å². The Morgan fingerprint density at radius 1 is 0.889 bits per heavy atom. The number of carboxylic acid groups (broad SMARTS) is 1. The lowest BCUT2D eigenvalue weighted by atomic mass is 10.0. The smallest absolute Gasteiger partial charge is 0.326 e. The van der Waals surface area contributed by atoms with Crippen molar-refractivity contribution in [3.05, 3.63) is 29.8 Å². The molecule has 0 aliphatic rings. The van der Waals surface area contributed by atoms with Gasteiger partial charge in [-0.2, -0.15) is 0 Å². The monoisotopic (exact) mass is 509 g/mol. The number of aliphatic hydroxyl groups excluding tert-OH is 1. The van der Waals surface area contributed by atoms with Gasteiger partial charge in [0.05, 0.1) is 6.10 Å². The van der Waals surface area contributed by atoms with Gasteiger partial charge in [0.25, 0.3) is 0 Å². The molecule has 36 heavy (non-hydrogen) atoms. The van der Waals surface area contributed by atoms with Crippen LogP contribution >= 0.6 is 0 Å². The molecule has 13 nitrogen and oxygen atoms in total. The van der Waals surface area contributed by atoms with Crippen LogP contribution in [0.4, 0.5) is 0 Å². The molecule has 0 heterocycles. The number of hydrogen-bond acceptors (Lipinski definition) is 8. The molecule has 1 aromatic carbocycles. The third-order valence-electron chi connectivity index (χ3n) is 5.37. The molecule has 0 aliphatic carbocycles. The molecule has 0 bridgehead atoms. The summed E-state index contributed by atoms with van der Waals surface area (Å²) in [6, 6.07) is 0.617. The van der Waals surface area contributed by atoms with Crippen LogP contribution in [0.25, 0.3) is 0 Å². The van der Waals surface area contributed by atoms with Gasteiger partial charge in [-0.3, -0.25) is 19.2 Å². The van der Waals surface area contributed by atoms with Gasteiger partial charge in [-0.1, -0.05) is 26.0 Å². The molecule has 0 spiro atoms. The Hall–Kier alpha value is -3.71. The number of amides is 4. The predicted octanol–water partition coefficient (Wildman–Crippen LogP) is -1.90. The Bertz CT molecular complexity index is 935. The molecule has 0 radical (unpaired) electrons. The Balaban J connectivity index is 3.19. The number of aliphatic hydroxyl groups is 1. The van der Waals surface area contributed by atoms with Crippen LogP contribution in [0.2, 0.25) is 0 Å². The lowest BCUT2D eigenvalue weighted by Gasteiger charge is -2.26. The number of aromatic hydroxyl groups is 1. The van der Waals surface area contributed by atoms with E-state index in [1.807, 2.05) is 0 Å². The second-order valence-corrected chi connectivity index (χ2v) is 8.83. The number of carbonyl (C=O) groups excluding carboxylic acids is 4. The van der Waals surface area contributed by atoms with Crippen molar-refractivity contribution in [2.75, 3.05) is 0 Å². The van der Waals surface area contributed by atoms with E-state index in [0.717, 1.165) is 0 Å². The third kappa shape index (κ3) is 9.88. The maximum atomic E-state index is 13.1. The van der Waals surface area contributed by atoms with Crippen LogP contribution in [0, 0.1) is 5.92 Å². The van der Waals surface area contributed by atoms with Gasteiger partial charge in [-0.05, 0) is 37.0 Å². The number of phenolic OH excluding ortho intramolecular Hbond substituents is 1. The first-order chi connectivity index (χ1) is 16.7. The lowest BCUT2D eigenvalue weighted by Crippen LogP contribution is -2.59. The molecule has 4 amide bonds. The van der Waals surface area contributed by atoms with E-state index in [1.165, 1.54) is 31.2 Å². The minimum atomic E-state index is -1.35. The van der Waals surface area contributed by atoms with Gasteiger partial charge in [-0.15, -0.1) is 0 Å². The van der Waals surface area contributed by atoms with E-state index in [-0.39, 0.29) is 25.0 Å². The predicted molar refractivity (Wildman–Crippen MR) is 128 cm³/mol. The highest BCUT2D eigenvalue weighted by molar-refractivity contribution is 5.94. The zero-order chi connectivity index (χ0) is 27.6. The van der Waals surface area contributed by atoms with Crippen molar-refractivity contribution in [1.29, 1.82) is 0 Å². The van der Waals surface area contributed by atoms with Crippen LogP contribution in [0.3, 0.4) is 0 Å². The fourth-order valence-corrected chi connectivity index (χ4v) is 3.16. The molecule has 1 aromatic rings. The van der Waals surface area contributed by atoms with Gasteiger partial charge >= 0.3 is 5.97 Å². The average Bonchev–Trinajstić information content (AvgIpc) is 2.79. The number of benzene rings is 1. The molecule has 0 fully saturated rings. The highest BCUT2D eigenvalue weighted by Gasteiger charge is 2.32. The summed E-state index contributed by atoms with van der Waals surface area (Å²) in [7, 11) is 0. The normalized spacial score (nSPS) is 15.2.